The molecule has 8 nitrogen and oxygen atoms in total. The standard InChI is InChI=1S/C25H27BrN4O4S/c1-4-34-24-13-9-8-12-23(24)30(35(32,33)20-10-6-5-7-11-20)18-25(31)28-27-17-19-14-15-22(29(2)3)21(26)16-19/h5-17H,4,18H2,1-3H3,(H,28,31)/b27-17+. The summed E-state index contributed by atoms with van der Waals surface area (Å²) in [6.45, 7) is 1.66. The summed E-state index contributed by atoms with van der Waals surface area (Å²) in [5.41, 5.74) is 4.45. The molecule has 0 heterocycles. The number of hydrogen-bond acceptors (Lipinski definition) is 6. The average molecular weight is 559 g/mol. The van der Waals surface area contributed by atoms with Crippen molar-refractivity contribution >= 4 is 49.4 Å². The zero-order chi connectivity index (χ0) is 25.4. The fourth-order valence-electron chi connectivity index (χ4n) is 3.27. The van der Waals surface area contributed by atoms with Crippen LogP contribution in [-0.4, -0.2) is 47.8 Å². The molecule has 184 valence electrons. The Balaban J connectivity index is 1.85. The molecule has 0 saturated heterocycles. The van der Waals surface area contributed by atoms with Crippen molar-refractivity contribution in [2.45, 2.75) is 11.8 Å². The van der Waals surface area contributed by atoms with E-state index in [-0.39, 0.29) is 10.6 Å². The predicted molar refractivity (Wildman–Crippen MR) is 143 cm³/mol. The number of halogens is 1. The molecular formula is C25H27BrN4O4S. The van der Waals surface area contributed by atoms with Crippen LogP contribution in [0.1, 0.15) is 12.5 Å². The molecule has 0 spiro atoms. The number of carbonyl (C=O) groups is 1. The third kappa shape index (κ3) is 6.61. The largest absolute Gasteiger partial charge is 0.492 e. The van der Waals surface area contributed by atoms with Gasteiger partial charge < -0.3 is 9.64 Å². The van der Waals surface area contributed by atoms with Crippen molar-refractivity contribution in [1.29, 1.82) is 0 Å². The zero-order valence-corrected chi connectivity index (χ0v) is 22.1. The minimum atomic E-state index is -4.06. The van der Waals surface area contributed by atoms with Crippen molar-refractivity contribution in [2.24, 2.45) is 5.10 Å². The molecule has 3 rings (SSSR count). The Morgan fingerprint density at radius 1 is 1.03 bits per heavy atom. The van der Waals surface area contributed by atoms with E-state index in [9.17, 15) is 13.2 Å². The zero-order valence-electron chi connectivity index (χ0n) is 19.7. The van der Waals surface area contributed by atoms with Crippen molar-refractivity contribution in [3.63, 3.8) is 0 Å². The van der Waals surface area contributed by atoms with Crippen LogP contribution in [-0.2, 0) is 14.8 Å². The van der Waals surface area contributed by atoms with Gasteiger partial charge in [-0.1, -0.05) is 36.4 Å². The Morgan fingerprint density at radius 2 is 1.71 bits per heavy atom. The number of para-hydroxylation sites is 2. The Hall–Kier alpha value is -3.37. The summed E-state index contributed by atoms with van der Waals surface area (Å²) in [6.07, 6.45) is 1.49. The van der Waals surface area contributed by atoms with E-state index < -0.39 is 22.5 Å². The summed E-state index contributed by atoms with van der Waals surface area (Å²) in [5.74, 6) is -0.243. The highest BCUT2D eigenvalue weighted by Gasteiger charge is 2.29. The van der Waals surface area contributed by atoms with Gasteiger partial charge in [0.05, 0.1) is 29.1 Å². The SMILES string of the molecule is CCOc1ccccc1N(CC(=O)N/N=C/c1ccc(N(C)C)c(Br)c1)S(=O)(=O)c1ccccc1. The van der Waals surface area contributed by atoms with E-state index in [2.05, 4.69) is 26.5 Å². The molecule has 0 aliphatic rings. The Kier molecular flexibility index (Phi) is 8.89. The fourth-order valence-corrected chi connectivity index (χ4v) is 5.47. The molecule has 0 atom stereocenters. The molecule has 0 radical (unpaired) electrons. The number of amides is 1. The summed E-state index contributed by atoms with van der Waals surface area (Å²) in [5, 5.41) is 4.01. The van der Waals surface area contributed by atoms with Gasteiger partial charge in [0.2, 0.25) is 0 Å². The summed E-state index contributed by atoms with van der Waals surface area (Å²) in [6, 6.07) is 20.3. The number of anilines is 2. The number of hydrogen-bond donors (Lipinski definition) is 1. The molecule has 35 heavy (non-hydrogen) atoms. The molecule has 0 aromatic heterocycles. The van der Waals surface area contributed by atoms with Gasteiger partial charge in [0.15, 0.2) is 0 Å². The highest BCUT2D eigenvalue weighted by molar-refractivity contribution is 9.10. The van der Waals surface area contributed by atoms with Gasteiger partial charge in [-0.25, -0.2) is 13.8 Å². The van der Waals surface area contributed by atoms with Gasteiger partial charge in [0.1, 0.15) is 12.3 Å². The Labute approximate surface area is 214 Å². The molecule has 0 aliphatic heterocycles. The second kappa shape index (κ2) is 11.9. The predicted octanol–water partition coefficient (Wildman–Crippen LogP) is 4.26. The third-order valence-corrected chi connectivity index (χ3v) is 7.32. The number of sulfonamides is 1. The van der Waals surface area contributed by atoms with Crippen LogP contribution in [0.4, 0.5) is 11.4 Å². The molecule has 0 aliphatic carbocycles. The van der Waals surface area contributed by atoms with Crippen LogP contribution in [0.5, 0.6) is 5.75 Å². The maximum atomic E-state index is 13.5. The minimum Gasteiger partial charge on any atom is -0.492 e. The van der Waals surface area contributed by atoms with Crippen molar-refractivity contribution in [2.75, 3.05) is 36.5 Å². The highest BCUT2D eigenvalue weighted by atomic mass is 79.9. The van der Waals surface area contributed by atoms with Gasteiger partial charge in [-0.05, 0) is 64.8 Å². The topological polar surface area (TPSA) is 91.3 Å². The summed E-state index contributed by atoms with van der Waals surface area (Å²) < 4.78 is 34.5. The lowest BCUT2D eigenvalue weighted by Crippen LogP contribution is -2.39. The molecule has 10 heteroatoms. The lowest BCUT2D eigenvalue weighted by atomic mass is 10.2. The van der Waals surface area contributed by atoms with Crippen LogP contribution in [0.2, 0.25) is 0 Å². The normalized spacial score (nSPS) is 11.3. The number of carbonyl (C=O) groups excluding carboxylic acids is 1. The van der Waals surface area contributed by atoms with E-state index >= 15 is 0 Å². The first-order valence-corrected chi connectivity index (χ1v) is 13.1. The number of ether oxygens (including phenoxy) is 1. The van der Waals surface area contributed by atoms with Crippen molar-refractivity contribution in [3.8, 4) is 5.75 Å². The molecule has 0 unspecified atom stereocenters. The molecule has 0 saturated carbocycles. The van der Waals surface area contributed by atoms with Crippen LogP contribution < -0.4 is 19.4 Å². The number of benzene rings is 3. The summed E-state index contributed by atoms with van der Waals surface area (Å²) in [4.78, 5) is 14.8. The minimum absolute atomic E-state index is 0.0634. The van der Waals surface area contributed by atoms with E-state index in [1.54, 1.807) is 49.4 Å². The van der Waals surface area contributed by atoms with Crippen molar-refractivity contribution < 1.29 is 17.9 Å². The quantitative estimate of drug-likeness (QED) is 0.296. The van der Waals surface area contributed by atoms with Crippen LogP contribution >= 0.6 is 15.9 Å². The number of nitrogens with zero attached hydrogens (tertiary/aromatic N) is 3. The second-order valence-corrected chi connectivity index (χ2v) is 10.3. The fraction of sp³-hybridized carbons (Fsp3) is 0.200. The van der Waals surface area contributed by atoms with Gasteiger partial charge in [-0.15, -0.1) is 0 Å². The van der Waals surface area contributed by atoms with Crippen LogP contribution in [0.25, 0.3) is 0 Å². The lowest BCUT2D eigenvalue weighted by molar-refractivity contribution is -0.119. The molecule has 0 bridgehead atoms. The smallest absolute Gasteiger partial charge is 0.264 e. The van der Waals surface area contributed by atoms with E-state index in [4.69, 9.17) is 4.74 Å². The highest BCUT2D eigenvalue weighted by Crippen LogP contribution is 2.32. The summed E-state index contributed by atoms with van der Waals surface area (Å²) in [7, 11) is -0.181. The molecular weight excluding hydrogens is 532 g/mol. The van der Waals surface area contributed by atoms with Crippen LogP contribution in [0.15, 0.2) is 87.3 Å². The second-order valence-electron chi connectivity index (χ2n) is 7.62. The first-order chi connectivity index (χ1) is 16.7. The molecule has 0 fully saturated rings. The Morgan fingerprint density at radius 3 is 2.37 bits per heavy atom. The van der Waals surface area contributed by atoms with E-state index in [1.165, 1.54) is 18.3 Å². The number of rotatable bonds is 10. The Bertz CT molecular complexity index is 1300. The number of nitrogens with one attached hydrogen (secondary N) is 1. The van der Waals surface area contributed by atoms with E-state index in [0.717, 1.165) is 20.0 Å². The molecule has 3 aromatic carbocycles. The third-order valence-electron chi connectivity index (χ3n) is 4.91. The van der Waals surface area contributed by atoms with Crippen LogP contribution in [0, 0.1) is 0 Å². The number of hydrazone groups is 1. The van der Waals surface area contributed by atoms with Gasteiger partial charge in [-0.2, -0.15) is 5.10 Å². The monoisotopic (exact) mass is 558 g/mol. The average Bonchev–Trinajstić information content (AvgIpc) is 2.83. The van der Waals surface area contributed by atoms with Gasteiger partial charge >= 0.3 is 0 Å². The first kappa shape index (κ1) is 26.2. The van der Waals surface area contributed by atoms with E-state index in [0.29, 0.717) is 12.4 Å². The van der Waals surface area contributed by atoms with Crippen molar-refractivity contribution in [1.82, 2.24) is 5.43 Å². The molecule has 3 aromatic rings. The molecule has 1 amide bonds. The van der Waals surface area contributed by atoms with Crippen molar-refractivity contribution in [3.05, 3.63) is 82.8 Å². The summed E-state index contributed by atoms with van der Waals surface area (Å²) >= 11 is 3.51. The van der Waals surface area contributed by atoms with Crippen LogP contribution in [0.3, 0.4) is 0 Å². The lowest BCUT2D eigenvalue weighted by Gasteiger charge is -2.25. The first-order valence-electron chi connectivity index (χ1n) is 10.8. The molecule has 1 N–H and O–H groups in total. The van der Waals surface area contributed by atoms with Gasteiger partial charge in [0.25, 0.3) is 15.9 Å². The van der Waals surface area contributed by atoms with Gasteiger partial charge in [0, 0.05) is 18.6 Å². The maximum Gasteiger partial charge on any atom is 0.264 e. The van der Waals surface area contributed by atoms with Gasteiger partial charge in [-0.3, -0.25) is 9.10 Å². The van der Waals surface area contributed by atoms with E-state index in [1.807, 2.05) is 37.2 Å². The maximum absolute atomic E-state index is 13.5.